The summed E-state index contributed by atoms with van der Waals surface area (Å²) in [4.78, 5) is 24.2. The number of carbonyl (C=O) groups excluding carboxylic acids is 2. The van der Waals surface area contributed by atoms with E-state index in [9.17, 15) is 9.59 Å². The summed E-state index contributed by atoms with van der Waals surface area (Å²) in [6, 6.07) is 5.01. The van der Waals surface area contributed by atoms with E-state index in [4.69, 9.17) is 14.2 Å². The average molecular weight is 363 g/mol. The summed E-state index contributed by atoms with van der Waals surface area (Å²) in [5.74, 6) is 0.910. The van der Waals surface area contributed by atoms with Gasteiger partial charge in [0.25, 0.3) is 5.91 Å². The van der Waals surface area contributed by atoms with Crippen LogP contribution in [0.1, 0.15) is 56.8 Å². The first-order valence-corrected chi connectivity index (χ1v) is 9.20. The van der Waals surface area contributed by atoms with Gasteiger partial charge < -0.3 is 19.5 Å². The molecule has 1 fully saturated rings. The minimum atomic E-state index is -0.563. The van der Waals surface area contributed by atoms with E-state index in [1.54, 1.807) is 18.2 Å². The zero-order valence-electron chi connectivity index (χ0n) is 16.0. The Kier molecular flexibility index (Phi) is 7.30. The first-order chi connectivity index (χ1) is 12.4. The Hall–Kier alpha value is -2.24. The predicted octanol–water partition coefficient (Wildman–Crippen LogP) is 3.33. The third kappa shape index (κ3) is 5.93. The molecule has 0 saturated heterocycles. The van der Waals surface area contributed by atoms with Crippen molar-refractivity contribution in [1.82, 2.24) is 5.32 Å². The lowest BCUT2D eigenvalue weighted by Crippen LogP contribution is -2.39. The van der Waals surface area contributed by atoms with Crippen LogP contribution in [0, 0.1) is 5.92 Å². The van der Waals surface area contributed by atoms with E-state index in [0.717, 1.165) is 31.6 Å². The molecule has 6 heteroatoms. The lowest BCUT2D eigenvalue weighted by molar-refractivity contribution is -0.125. The molecule has 0 heterocycles. The number of esters is 1. The Morgan fingerprint density at radius 1 is 1.15 bits per heavy atom. The topological polar surface area (TPSA) is 73.9 Å². The Morgan fingerprint density at radius 3 is 2.46 bits per heavy atom. The van der Waals surface area contributed by atoms with E-state index in [-0.39, 0.29) is 24.7 Å². The van der Waals surface area contributed by atoms with Crippen LogP contribution < -0.4 is 14.8 Å². The van der Waals surface area contributed by atoms with Crippen molar-refractivity contribution in [3.05, 3.63) is 23.8 Å². The summed E-state index contributed by atoms with van der Waals surface area (Å²) in [6.07, 6.45) is 4.20. The molecule has 1 saturated carbocycles. The van der Waals surface area contributed by atoms with Gasteiger partial charge in [0, 0.05) is 6.04 Å². The van der Waals surface area contributed by atoms with Gasteiger partial charge in [-0.1, -0.05) is 6.92 Å². The van der Waals surface area contributed by atoms with Crippen molar-refractivity contribution in [1.29, 1.82) is 0 Å². The molecule has 2 rings (SSSR count). The SMILES string of the molecule is COc1cc(C(=O)OCC(=O)NC2CCC(C)CC2)ccc1OC(C)C. The Morgan fingerprint density at radius 2 is 1.85 bits per heavy atom. The molecule has 144 valence electrons. The van der Waals surface area contributed by atoms with Crippen molar-refractivity contribution in [2.24, 2.45) is 5.92 Å². The van der Waals surface area contributed by atoms with E-state index in [1.165, 1.54) is 7.11 Å². The molecule has 1 aromatic rings. The summed E-state index contributed by atoms with van der Waals surface area (Å²) >= 11 is 0. The minimum absolute atomic E-state index is 0.00632. The summed E-state index contributed by atoms with van der Waals surface area (Å²) in [5, 5.41) is 2.94. The quantitative estimate of drug-likeness (QED) is 0.752. The number of hydrogen-bond donors (Lipinski definition) is 1. The second-order valence-electron chi connectivity index (χ2n) is 7.13. The third-order valence-corrected chi connectivity index (χ3v) is 4.48. The van der Waals surface area contributed by atoms with Crippen molar-refractivity contribution in [2.45, 2.75) is 58.6 Å². The van der Waals surface area contributed by atoms with E-state index in [0.29, 0.717) is 17.1 Å². The highest BCUT2D eigenvalue weighted by molar-refractivity contribution is 5.92. The standard InChI is InChI=1S/C20H29NO5/c1-13(2)26-17-10-7-15(11-18(17)24-4)20(23)25-12-19(22)21-16-8-5-14(3)6-9-16/h7,10-11,13-14,16H,5-6,8-9,12H2,1-4H3,(H,21,22). The van der Waals surface area contributed by atoms with Gasteiger partial charge in [0.2, 0.25) is 0 Å². The van der Waals surface area contributed by atoms with Crippen LogP contribution >= 0.6 is 0 Å². The Balaban J connectivity index is 1.86. The average Bonchev–Trinajstić information content (AvgIpc) is 2.61. The summed E-state index contributed by atoms with van der Waals surface area (Å²) in [6.45, 7) is 5.77. The second kappa shape index (κ2) is 9.46. The molecule has 0 bridgehead atoms. The number of nitrogens with one attached hydrogen (secondary N) is 1. The molecule has 0 radical (unpaired) electrons. The molecular weight excluding hydrogens is 334 g/mol. The highest BCUT2D eigenvalue weighted by Gasteiger charge is 2.20. The number of hydrogen-bond acceptors (Lipinski definition) is 5. The Bertz CT molecular complexity index is 621. The van der Waals surface area contributed by atoms with Crippen molar-refractivity contribution in [3.63, 3.8) is 0 Å². The highest BCUT2D eigenvalue weighted by atomic mass is 16.5. The lowest BCUT2D eigenvalue weighted by Gasteiger charge is -2.26. The fourth-order valence-electron chi connectivity index (χ4n) is 3.03. The van der Waals surface area contributed by atoms with Gasteiger partial charge in [-0.2, -0.15) is 0 Å². The zero-order valence-corrected chi connectivity index (χ0v) is 16.0. The molecule has 26 heavy (non-hydrogen) atoms. The molecule has 1 amide bonds. The summed E-state index contributed by atoms with van der Waals surface area (Å²) < 4.78 is 16.0. The largest absolute Gasteiger partial charge is 0.493 e. The van der Waals surface area contributed by atoms with Crippen LogP contribution in [0.4, 0.5) is 0 Å². The molecule has 1 aliphatic carbocycles. The van der Waals surface area contributed by atoms with Gasteiger partial charge in [-0.15, -0.1) is 0 Å². The minimum Gasteiger partial charge on any atom is -0.493 e. The van der Waals surface area contributed by atoms with Gasteiger partial charge in [0.05, 0.1) is 18.8 Å². The van der Waals surface area contributed by atoms with Crippen molar-refractivity contribution in [2.75, 3.05) is 13.7 Å². The van der Waals surface area contributed by atoms with Crippen molar-refractivity contribution in [3.8, 4) is 11.5 Å². The third-order valence-electron chi connectivity index (χ3n) is 4.48. The fraction of sp³-hybridized carbons (Fsp3) is 0.600. The number of methoxy groups -OCH3 is 1. The van der Waals surface area contributed by atoms with E-state index in [2.05, 4.69) is 12.2 Å². The Labute approximate surface area is 155 Å². The highest BCUT2D eigenvalue weighted by Crippen LogP contribution is 2.29. The van der Waals surface area contributed by atoms with Crippen LogP contribution in [-0.4, -0.2) is 37.7 Å². The van der Waals surface area contributed by atoms with Crippen LogP contribution in [0.15, 0.2) is 18.2 Å². The van der Waals surface area contributed by atoms with Crippen LogP contribution in [0.3, 0.4) is 0 Å². The van der Waals surface area contributed by atoms with Crippen LogP contribution in [0.25, 0.3) is 0 Å². The number of amides is 1. The smallest absolute Gasteiger partial charge is 0.338 e. The van der Waals surface area contributed by atoms with Crippen LogP contribution in [0.5, 0.6) is 11.5 Å². The second-order valence-corrected chi connectivity index (χ2v) is 7.13. The molecule has 1 N–H and O–H groups in total. The number of ether oxygens (including phenoxy) is 3. The molecule has 6 nitrogen and oxygen atoms in total. The zero-order chi connectivity index (χ0) is 19.1. The molecule has 1 aromatic carbocycles. The van der Waals surface area contributed by atoms with E-state index < -0.39 is 5.97 Å². The van der Waals surface area contributed by atoms with Crippen LogP contribution in [0.2, 0.25) is 0 Å². The van der Waals surface area contributed by atoms with E-state index in [1.807, 2.05) is 13.8 Å². The first-order valence-electron chi connectivity index (χ1n) is 9.20. The predicted molar refractivity (Wildman–Crippen MR) is 98.6 cm³/mol. The molecular formula is C20H29NO5. The summed E-state index contributed by atoms with van der Waals surface area (Å²) in [7, 11) is 1.51. The molecule has 0 spiro atoms. The van der Waals surface area contributed by atoms with E-state index >= 15 is 0 Å². The fourth-order valence-corrected chi connectivity index (χ4v) is 3.03. The van der Waals surface area contributed by atoms with Crippen molar-refractivity contribution < 1.29 is 23.8 Å². The van der Waals surface area contributed by atoms with Gasteiger partial charge >= 0.3 is 5.97 Å². The van der Waals surface area contributed by atoms with Gasteiger partial charge in [-0.25, -0.2) is 4.79 Å². The number of rotatable bonds is 7. The van der Waals surface area contributed by atoms with Crippen molar-refractivity contribution >= 4 is 11.9 Å². The van der Waals surface area contributed by atoms with Gasteiger partial charge in [-0.3, -0.25) is 4.79 Å². The monoisotopic (exact) mass is 363 g/mol. The molecule has 0 unspecified atom stereocenters. The number of carbonyl (C=O) groups is 2. The maximum Gasteiger partial charge on any atom is 0.338 e. The molecule has 0 aliphatic heterocycles. The van der Waals surface area contributed by atoms with Gasteiger partial charge in [-0.05, 0) is 63.6 Å². The molecule has 0 aromatic heterocycles. The molecule has 1 aliphatic rings. The van der Waals surface area contributed by atoms with Crippen LogP contribution in [-0.2, 0) is 9.53 Å². The number of benzene rings is 1. The lowest BCUT2D eigenvalue weighted by atomic mass is 9.87. The first kappa shape index (κ1) is 20.1. The van der Waals surface area contributed by atoms with Gasteiger partial charge in [0.1, 0.15) is 0 Å². The maximum absolute atomic E-state index is 12.2. The molecule has 0 atom stereocenters. The maximum atomic E-state index is 12.2. The normalized spacial score (nSPS) is 19.7. The summed E-state index contributed by atoms with van der Waals surface area (Å²) in [5.41, 5.74) is 0.317. The van der Waals surface area contributed by atoms with Gasteiger partial charge in [0.15, 0.2) is 18.1 Å².